The van der Waals surface area contributed by atoms with Crippen molar-refractivity contribution in [1.82, 2.24) is 0 Å². The first kappa shape index (κ1) is 21.5. The van der Waals surface area contributed by atoms with Crippen molar-refractivity contribution in [2.75, 3.05) is 11.4 Å². The topological polar surface area (TPSA) is 85.9 Å². The van der Waals surface area contributed by atoms with Crippen LogP contribution in [0.1, 0.15) is 12.5 Å². The summed E-state index contributed by atoms with van der Waals surface area (Å²) < 4.78 is 57.2. The molecular weight excluding hydrogens is 436 g/mol. The lowest BCUT2D eigenvalue weighted by atomic mass is 10.2. The SMILES string of the molecule is CC1=C[N+]2(C)C(=NC(S(=O)(=O)N(Cc3ccccc3)c3c(F)cccc3F)=C2C#N)N=C1. The molecule has 7 nitrogen and oxygen atoms in total. The number of allylic oxidation sites excluding steroid dienone is 2. The fourth-order valence-corrected chi connectivity index (χ4v) is 5.23. The summed E-state index contributed by atoms with van der Waals surface area (Å²) in [4.78, 5) is 8.28. The van der Waals surface area contributed by atoms with Crippen LogP contribution in [0.2, 0.25) is 0 Å². The summed E-state index contributed by atoms with van der Waals surface area (Å²) >= 11 is 0. The van der Waals surface area contributed by atoms with Gasteiger partial charge in [-0.1, -0.05) is 36.4 Å². The molecule has 1 unspecified atom stereocenters. The number of nitriles is 1. The van der Waals surface area contributed by atoms with E-state index in [1.54, 1.807) is 50.5 Å². The number of guanidine groups is 1. The lowest BCUT2D eigenvalue weighted by Crippen LogP contribution is -2.42. The Morgan fingerprint density at radius 3 is 2.38 bits per heavy atom. The first-order valence-corrected chi connectivity index (χ1v) is 11.0. The van der Waals surface area contributed by atoms with E-state index in [1.165, 1.54) is 6.21 Å². The van der Waals surface area contributed by atoms with Crippen LogP contribution in [0.3, 0.4) is 0 Å². The first-order chi connectivity index (χ1) is 15.2. The first-order valence-electron chi connectivity index (χ1n) is 9.53. The minimum absolute atomic E-state index is 0.0689. The molecule has 4 rings (SSSR count). The van der Waals surface area contributed by atoms with E-state index >= 15 is 0 Å². The average Bonchev–Trinajstić information content (AvgIpc) is 3.05. The monoisotopic (exact) mass is 454 g/mol. The standard InChI is InChI=1S/C22H18F2N5O2S/c1-15-12-26-22-27-21(19(11-25)29(22,2)14-15)32(30,31)28(13-16-7-4-3-5-8-16)20-17(23)9-6-10-18(20)24/h3-10,12,14H,13H2,1-2H3/q+1. The highest BCUT2D eigenvalue weighted by atomic mass is 32.2. The number of benzene rings is 2. The molecule has 1 atom stereocenters. The van der Waals surface area contributed by atoms with Crippen LogP contribution in [0.4, 0.5) is 14.5 Å². The normalized spacial score (nSPS) is 19.8. The second kappa shape index (κ2) is 7.78. The molecule has 2 aromatic carbocycles. The number of sulfonamides is 1. The summed E-state index contributed by atoms with van der Waals surface area (Å²) in [6, 6.07) is 13.4. The third-order valence-electron chi connectivity index (χ3n) is 5.13. The van der Waals surface area contributed by atoms with Crippen LogP contribution in [0, 0.1) is 23.0 Å². The van der Waals surface area contributed by atoms with E-state index in [0.717, 1.165) is 18.2 Å². The minimum Gasteiger partial charge on any atom is -0.254 e. The maximum atomic E-state index is 14.7. The van der Waals surface area contributed by atoms with E-state index in [2.05, 4.69) is 9.98 Å². The molecule has 0 aromatic heterocycles. The van der Waals surface area contributed by atoms with E-state index in [9.17, 15) is 22.5 Å². The Kier molecular flexibility index (Phi) is 5.24. The summed E-state index contributed by atoms with van der Waals surface area (Å²) in [5.41, 5.74) is 0.240. The second-order valence-electron chi connectivity index (χ2n) is 7.45. The maximum absolute atomic E-state index is 14.7. The number of hydrogen-bond acceptors (Lipinski definition) is 5. The molecule has 2 heterocycles. The molecule has 32 heavy (non-hydrogen) atoms. The molecule has 0 bridgehead atoms. The van der Waals surface area contributed by atoms with Gasteiger partial charge in [0.05, 0.1) is 13.6 Å². The lowest BCUT2D eigenvalue weighted by molar-refractivity contribution is -0.717. The average molecular weight is 454 g/mol. The number of halogens is 2. The van der Waals surface area contributed by atoms with Crippen LogP contribution >= 0.6 is 0 Å². The molecule has 0 N–H and O–H groups in total. The minimum atomic E-state index is -4.67. The summed E-state index contributed by atoms with van der Waals surface area (Å²) in [6.07, 6.45) is 3.14. The molecule has 2 aliphatic heterocycles. The quantitative estimate of drug-likeness (QED) is 0.644. The Morgan fingerprint density at radius 2 is 1.75 bits per heavy atom. The fraction of sp³-hybridized carbons (Fsp3) is 0.136. The number of rotatable bonds is 5. The van der Waals surface area contributed by atoms with Crippen LogP contribution in [-0.2, 0) is 16.6 Å². The number of quaternary nitrogens is 1. The van der Waals surface area contributed by atoms with Crippen molar-refractivity contribution in [3.8, 4) is 6.07 Å². The molecule has 10 heteroatoms. The number of para-hydroxylation sites is 1. The van der Waals surface area contributed by atoms with Crippen LogP contribution < -0.4 is 4.31 Å². The third-order valence-corrected chi connectivity index (χ3v) is 6.79. The Balaban J connectivity index is 1.94. The Hall–Kier alpha value is -3.68. The number of nitrogens with zero attached hydrogens (tertiary/aromatic N) is 5. The van der Waals surface area contributed by atoms with Gasteiger partial charge >= 0.3 is 5.96 Å². The highest BCUT2D eigenvalue weighted by Gasteiger charge is 2.49. The zero-order valence-corrected chi connectivity index (χ0v) is 18.0. The zero-order chi connectivity index (χ0) is 23.1. The zero-order valence-electron chi connectivity index (χ0n) is 17.2. The van der Waals surface area contributed by atoms with Crippen molar-refractivity contribution < 1.29 is 21.7 Å². The Bertz CT molecular complexity index is 1350. The predicted octanol–water partition coefficient (Wildman–Crippen LogP) is 3.80. The van der Waals surface area contributed by atoms with Crippen molar-refractivity contribution in [3.63, 3.8) is 0 Å². The van der Waals surface area contributed by atoms with Crippen molar-refractivity contribution in [2.24, 2.45) is 9.98 Å². The highest BCUT2D eigenvalue weighted by molar-refractivity contribution is 7.96. The van der Waals surface area contributed by atoms with Gasteiger partial charge in [-0.2, -0.15) is 28.1 Å². The van der Waals surface area contributed by atoms with Gasteiger partial charge < -0.3 is 0 Å². The summed E-state index contributed by atoms with van der Waals surface area (Å²) in [6.45, 7) is 1.39. The van der Waals surface area contributed by atoms with Gasteiger partial charge in [-0.05, 0) is 24.6 Å². The predicted molar refractivity (Wildman–Crippen MR) is 116 cm³/mol. The second-order valence-corrected chi connectivity index (χ2v) is 9.23. The lowest BCUT2D eigenvalue weighted by Gasteiger charge is -2.26. The number of aliphatic imine (C=N–C) groups is 2. The maximum Gasteiger partial charge on any atom is 0.340 e. The van der Waals surface area contributed by atoms with E-state index in [4.69, 9.17) is 0 Å². The van der Waals surface area contributed by atoms with Gasteiger partial charge in [0.2, 0.25) is 0 Å². The van der Waals surface area contributed by atoms with Crippen LogP contribution in [-0.4, -0.2) is 32.1 Å². The van der Waals surface area contributed by atoms with Gasteiger partial charge in [0.25, 0.3) is 20.7 Å². The molecule has 0 aliphatic carbocycles. The van der Waals surface area contributed by atoms with Gasteiger partial charge in [0.15, 0.2) is 17.7 Å². The summed E-state index contributed by atoms with van der Waals surface area (Å²) in [5.74, 6) is -2.04. The molecule has 0 saturated carbocycles. The molecule has 162 valence electrons. The molecule has 2 aliphatic rings. The number of fused-ring (bicyclic) bond motifs is 1. The number of anilines is 1. The molecule has 0 radical (unpaired) electrons. The van der Waals surface area contributed by atoms with Crippen LogP contribution in [0.25, 0.3) is 0 Å². The van der Waals surface area contributed by atoms with E-state index in [-0.39, 0.29) is 22.7 Å². The largest absolute Gasteiger partial charge is 0.340 e. The highest BCUT2D eigenvalue weighted by Crippen LogP contribution is 2.38. The van der Waals surface area contributed by atoms with Gasteiger partial charge in [-0.3, -0.25) is 4.31 Å². The van der Waals surface area contributed by atoms with Gasteiger partial charge in [-0.15, -0.1) is 0 Å². The molecule has 0 fully saturated rings. The molecule has 2 aromatic rings. The van der Waals surface area contributed by atoms with E-state index in [1.807, 2.05) is 6.07 Å². The van der Waals surface area contributed by atoms with E-state index in [0.29, 0.717) is 15.4 Å². The number of hydrogen-bond donors (Lipinski definition) is 0. The van der Waals surface area contributed by atoms with Crippen LogP contribution in [0.15, 0.2) is 81.0 Å². The summed E-state index contributed by atoms with van der Waals surface area (Å²) in [5, 5.41) is 9.23. The van der Waals surface area contributed by atoms with Crippen molar-refractivity contribution >= 4 is 27.9 Å². The van der Waals surface area contributed by atoms with E-state index < -0.39 is 32.4 Å². The third kappa shape index (κ3) is 3.41. The fourth-order valence-electron chi connectivity index (χ4n) is 3.61. The van der Waals surface area contributed by atoms with Crippen molar-refractivity contribution in [3.05, 3.63) is 88.2 Å². The Labute approximate surface area is 184 Å². The van der Waals surface area contributed by atoms with Crippen molar-refractivity contribution in [2.45, 2.75) is 13.5 Å². The Morgan fingerprint density at radius 1 is 1.09 bits per heavy atom. The van der Waals surface area contributed by atoms with Crippen molar-refractivity contribution in [1.29, 1.82) is 5.26 Å². The molecule has 0 amide bonds. The van der Waals surface area contributed by atoms with Gasteiger partial charge in [0.1, 0.15) is 11.9 Å². The smallest absolute Gasteiger partial charge is 0.254 e. The van der Waals surface area contributed by atoms with Crippen LogP contribution in [0.5, 0.6) is 0 Å². The molecular formula is C22H18F2N5O2S+. The van der Waals surface area contributed by atoms with Gasteiger partial charge in [0, 0.05) is 11.8 Å². The molecule has 0 saturated heterocycles. The van der Waals surface area contributed by atoms with Gasteiger partial charge in [-0.25, -0.2) is 8.78 Å². The summed E-state index contributed by atoms with van der Waals surface area (Å²) in [7, 11) is -3.09. The molecule has 0 spiro atoms.